The van der Waals surface area contributed by atoms with Gasteiger partial charge >= 0.3 is 0 Å². The van der Waals surface area contributed by atoms with E-state index in [1.165, 1.54) is 16.0 Å². The molecule has 1 amide bonds. The predicted molar refractivity (Wildman–Crippen MR) is 118 cm³/mol. The van der Waals surface area contributed by atoms with E-state index in [0.29, 0.717) is 27.6 Å². The molecule has 0 fully saturated rings. The maximum atomic E-state index is 12.9. The first-order valence-corrected chi connectivity index (χ1v) is 10.5. The average molecular weight is 427 g/mol. The number of hydrogen-bond donors (Lipinski definition) is 1. The van der Waals surface area contributed by atoms with E-state index in [0.717, 1.165) is 22.6 Å². The van der Waals surface area contributed by atoms with Crippen LogP contribution in [0.2, 0.25) is 0 Å². The molecule has 0 aliphatic rings. The van der Waals surface area contributed by atoms with Crippen molar-refractivity contribution in [3.8, 4) is 16.3 Å². The van der Waals surface area contributed by atoms with Crippen LogP contribution in [0.1, 0.15) is 39.1 Å². The zero-order valence-electron chi connectivity index (χ0n) is 18.1. The predicted octanol–water partition coefficient (Wildman–Crippen LogP) is 3.20. The number of hydrogen-bond acceptors (Lipinski definition) is 6. The summed E-state index contributed by atoms with van der Waals surface area (Å²) in [6.07, 6.45) is 0.677. The number of rotatable bonds is 6. The molecule has 0 bridgehead atoms. The summed E-state index contributed by atoms with van der Waals surface area (Å²) >= 11 is 1.24. The van der Waals surface area contributed by atoms with Crippen molar-refractivity contribution in [1.29, 1.82) is 0 Å². The summed E-state index contributed by atoms with van der Waals surface area (Å²) in [5, 5.41) is 7.79. The molecule has 0 spiro atoms. The Morgan fingerprint density at radius 1 is 1.27 bits per heavy atom. The molecule has 1 N–H and O–H groups in total. The maximum Gasteiger partial charge on any atom is 0.277 e. The number of methoxy groups -OCH3 is 1. The van der Waals surface area contributed by atoms with Crippen LogP contribution in [0.5, 0.6) is 5.75 Å². The smallest absolute Gasteiger partial charge is 0.277 e. The number of thiazole rings is 1. The van der Waals surface area contributed by atoms with Crippen LogP contribution in [0.25, 0.3) is 10.6 Å². The van der Waals surface area contributed by atoms with Gasteiger partial charge in [-0.2, -0.15) is 5.10 Å². The summed E-state index contributed by atoms with van der Waals surface area (Å²) in [6, 6.07) is 7.71. The van der Waals surface area contributed by atoms with Gasteiger partial charge in [0.05, 0.1) is 24.1 Å². The van der Waals surface area contributed by atoms with Gasteiger partial charge in [0.15, 0.2) is 0 Å². The van der Waals surface area contributed by atoms with E-state index in [1.807, 2.05) is 45.0 Å². The number of aromatic nitrogens is 3. The summed E-state index contributed by atoms with van der Waals surface area (Å²) in [7, 11) is 3.25. The monoisotopic (exact) mass is 426 g/mol. The molecular formula is C22H26N4O3S. The molecule has 0 aliphatic heterocycles. The summed E-state index contributed by atoms with van der Waals surface area (Å²) in [5.41, 5.74) is 3.52. The first kappa shape index (κ1) is 21.7. The summed E-state index contributed by atoms with van der Waals surface area (Å²) in [5.74, 6) is 0.602. The highest BCUT2D eigenvalue weighted by Crippen LogP contribution is 2.28. The fourth-order valence-electron chi connectivity index (χ4n) is 3.31. The summed E-state index contributed by atoms with van der Waals surface area (Å²) in [6.45, 7) is 7.45. The van der Waals surface area contributed by atoms with Crippen LogP contribution >= 0.6 is 11.3 Å². The number of nitrogens with one attached hydrogen (secondary N) is 1. The van der Waals surface area contributed by atoms with Crippen molar-refractivity contribution in [2.75, 3.05) is 7.11 Å². The lowest BCUT2D eigenvalue weighted by atomic mass is 10.1. The number of nitrogens with zero attached hydrogens (tertiary/aromatic N) is 3. The van der Waals surface area contributed by atoms with Gasteiger partial charge in [0.2, 0.25) is 0 Å². The first-order valence-electron chi connectivity index (χ1n) is 9.67. The van der Waals surface area contributed by atoms with E-state index in [9.17, 15) is 9.59 Å². The number of benzene rings is 1. The minimum absolute atomic E-state index is 0.0765. The van der Waals surface area contributed by atoms with E-state index in [-0.39, 0.29) is 17.5 Å². The molecule has 0 aliphatic carbocycles. The third-order valence-corrected chi connectivity index (χ3v) is 6.17. The minimum atomic E-state index is -0.217. The average Bonchev–Trinajstić information content (AvgIpc) is 3.08. The zero-order valence-corrected chi connectivity index (χ0v) is 18.9. The van der Waals surface area contributed by atoms with Crippen LogP contribution in [0.15, 0.2) is 29.1 Å². The number of ether oxygens (including phenoxy) is 1. The molecule has 0 radical (unpaired) electrons. The Balaban J connectivity index is 1.82. The quantitative estimate of drug-likeness (QED) is 0.654. The molecule has 8 heteroatoms. The fourth-order valence-corrected chi connectivity index (χ4v) is 4.37. The highest BCUT2D eigenvalue weighted by Gasteiger charge is 2.22. The van der Waals surface area contributed by atoms with Crippen molar-refractivity contribution < 1.29 is 9.53 Å². The van der Waals surface area contributed by atoms with E-state index >= 15 is 0 Å². The Hall–Kier alpha value is -3.00. The van der Waals surface area contributed by atoms with Crippen molar-refractivity contribution >= 4 is 17.2 Å². The third kappa shape index (κ3) is 4.43. The van der Waals surface area contributed by atoms with Crippen LogP contribution < -0.4 is 15.6 Å². The van der Waals surface area contributed by atoms with Crippen molar-refractivity contribution in [2.45, 2.75) is 40.2 Å². The number of amides is 1. The van der Waals surface area contributed by atoms with Gasteiger partial charge in [0, 0.05) is 13.1 Å². The molecule has 0 saturated carbocycles. The Labute approximate surface area is 179 Å². The second-order valence-electron chi connectivity index (χ2n) is 7.38. The lowest BCUT2D eigenvalue weighted by Gasteiger charge is -2.14. The highest BCUT2D eigenvalue weighted by molar-refractivity contribution is 7.17. The Bertz CT molecular complexity index is 1150. The van der Waals surface area contributed by atoms with Crippen LogP contribution in [0, 0.1) is 20.8 Å². The topological polar surface area (TPSA) is 86.1 Å². The molecule has 30 heavy (non-hydrogen) atoms. The van der Waals surface area contributed by atoms with E-state index in [1.54, 1.807) is 21.1 Å². The largest absolute Gasteiger partial charge is 0.497 e. The van der Waals surface area contributed by atoms with Crippen LogP contribution in [-0.2, 0) is 13.5 Å². The molecule has 1 aromatic carbocycles. The summed E-state index contributed by atoms with van der Waals surface area (Å²) < 4.78 is 6.57. The van der Waals surface area contributed by atoms with Gasteiger partial charge in [-0.25, -0.2) is 9.67 Å². The van der Waals surface area contributed by atoms with Gasteiger partial charge in [-0.1, -0.05) is 12.1 Å². The van der Waals surface area contributed by atoms with Crippen LogP contribution in [0.4, 0.5) is 0 Å². The molecule has 0 saturated heterocycles. The Morgan fingerprint density at radius 2 is 2.00 bits per heavy atom. The molecule has 3 aromatic rings. The van der Waals surface area contributed by atoms with Gasteiger partial charge in [0.1, 0.15) is 15.6 Å². The van der Waals surface area contributed by atoms with Gasteiger partial charge in [-0.15, -0.1) is 11.3 Å². The van der Waals surface area contributed by atoms with E-state index < -0.39 is 0 Å². The van der Waals surface area contributed by atoms with Crippen molar-refractivity contribution in [3.05, 3.63) is 62.0 Å². The molecule has 2 heterocycles. The Kier molecular flexibility index (Phi) is 6.36. The van der Waals surface area contributed by atoms with Gasteiger partial charge in [-0.3, -0.25) is 9.59 Å². The third-order valence-electron chi connectivity index (χ3n) is 5.00. The second kappa shape index (κ2) is 8.79. The van der Waals surface area contributed by atoms with E-state index in [4.69, 9.17) is 4.74 Å². The maximum absolute atomic E-state index is 12.9. The number of carbonyl (C=O) groups is 1. The summed E-state index contributed by atoms with van der Waals surface area (Å²) in [4.78, 5) is 30.5. The molecule has 1 atom stereocenters. The molecule has 2 aromatic heterocycles. The van der Waals surface area contributed by atoms with Crippen molar-refractivity contribution in [3.63, 3.8) is 0 Å². The molecular weight excluding hydrogens is 400 g/mol. The standard InChI is InChI=1S/C22H26N4O3S/c1-12(10-16-8-7-9-17(11-16)29-6)23-20(27)19-15(4)24-21(30-19)18-13(2)14(3)25-26(5)22(18)28/h7-9,11-12H,10H2,1-6H3,(H,23,27). The molecule has 3 rings (SSSR count). The lowest BCUT2D eigenvalue weighted by molar-refractivity contribution is 0.0943. The zero-order chi connectivity index (χ0) is 22.0. The SMILES string of the molecule is COc1cccc(CC(C)NC(=O)c2sc(-c3c(C)c(C)nn(C)c3=O)nc2C)c1. The van der Waals surface area contributed by atoms with Crippen molar-refractivity contribution in [1.82, 2.24) is 20.1 Å². The number of carbonyl (C=O) groups excluding carboxylic acids is 1. The Morgan fingerprint density at radius 3 is 2.70 bits per heavy atom. The number of aryl methyl sites for hydroxylation is 3. The molecule has 7 nitrogen and oxygen atoms in total. The highest BCUT2D eigenvalue weighted by atomic mass is 32.1. The van der Waals surface area contributed by atoms with Gasteiger partial charge < -0.3 is 10.1 Å². The first-order chi connectivity index (χ1) is 14.2. The van der Waals surface area contributed by atoms with Crippen LogP contribution in [-0.4, -0.2) is 33.8 Å². The van der Waals surface area contributed by atoms with E-state index in [2.05, 4.69) is 15.4 Å². The van der Waals surface area contributed by atoms with Gasteiger partial charge in [0.25, 0.3) is 11.5 Å². The molecule has 1 unspecified atom stereocenters. The second-order valence-corrected chi connectivity index (χ2v) is 8.38. The van der Waals surface area contributed by atoms with Crippen molar-refractivity contribution in [2.24, 2.45) is 7.05 Å². The van der Waals surface area contributed by atoms with Crippen LogP contribution in [0.3, 0.4) is 0 Å². The fraction of sp³-hybridized carbons (Fsp3) is 0.364. The normalized spacial score (nSPS) is 11.9. The molecule has 158 valence electrons. The minimum Gasteiger partial charge on any atom is -0.497 e. The lowest BCUT2D eigenvalue weighted by Crippen LogP contribution is -2.34. The van der Waals surface area contributed by atoms with Gasteiger partial charge in [-0.05, 0) is 57.4 Å².